The average Bonchev–Trinajstić information content (AvgIpc) is 2.78. The summed E-state index contributed by atoms with van der Waals surface area (Å²) < 4.78 is 0. The molecule has 1 N–H and O–H groups in total. The van der Waals surface area contributed by atoms with Crippen LogP contribution in [0.15, 0.2) is 54.1 Å². The predicted molar refractivity (Wildman–Crippen MR) is 86.2 cm³/mol. The Balaban J connectivity index is 1.91. The number of hydrogen-bond acceptors (Lipinski definition) is 2. The van der Waals surface area contributed by atoms with Crippen LogP contribution in [0.25, 0.3) is 6.08 Å². The zero-order valence-electron chi connectivity index (χ0n) is 11.8. The van der Waals surface area contributed by atoms with Crippen LogP contribution in [-0.4, -0.2) is 11.8 Å². The molecule has 1 fully saturated rings. The largest absolute Gasteiger partial charge is 0.282 e. The number of nitrogens with zero attached hydrogens (tertiary/aromatic N) is 1. The minimum atomic E-state index is -0.416. The van der Waals surface area contributed by atoms with Crippen molar-refractivity contribution in [2.24, 2.45) is 0 Å². The lowest BCUT2D eigenvalue weighted by Gasteiger charge is -2.14. The third-order valence-electron chi connectivity index (χ3n) is 3.36. The van der Waals surface area contributed by atoms with Crippen LogP contribution in [0, 0.1) is 6.92 Å². The summed E-state index contributed by atoms with van der Waals surface area (Å²) in [4.78, 5) is 24.5. The van der Waals surface area contributed by atoms with Gasteiger partial charge < -0.3 is 0 Å². The molecule has 0 saturated carbocycles. The lowest BCUT2D eigenvalue weighted by Crippen LogP contribution is -2.35. The number of halogens is 1. The van der Waals surface area contributed by atoms with Crippen molar-refractivity contribution >= 4 is 35.2 Å². The van der Waals surface area contributed by atoms with Gasteiger partial charge in [0.15, 0.2) is 0 Å². The van der Waals surface area contributed by atoms with E-state index in [0.29, 0.717) is 10.7 Å². The van der Waals surface area contributed by atoms with E-state index < -0.39 is 5.91 Å². The lowest BCUT2D eigenvalue weighted by molar-refractivity contribution is -0.117. The number of hydrazine groups is 1. The fourth-order valence-electron chi connectivity index (χ4n) is 2.16. The number of nitrogens with one attached hydrogen (secondary N) is 1. The van der Waals surface area contributed by atoms with E-state index in [4.69, 9.17) is 11.6 Å². The molecule has 0 unspecified atom stereocenters. The average molecular weight is 313 g/mol. The second kappa shape index (κ2) is 5.66. The van der Waals surface area contributed by atoms with Crippen molar-refractivity contribution in [2.45, 2.75) is 6.92 Å². The van der Waals surface area contributed by atoms with Crippen molar-refractivity contribution in [3.05, 3.63) is 70.3 Å². The lowest BCUT2D eigenvalue weighted by atomic mass is 10.1. The highest BCUT2D eigenvalue weighted by Gasteiger charge is 2.34. The van der Waals surface area contributed by atoms with E-state index in [0.717, 1.165) is 11.1 Å². The van der Waals surface area contributed by atoms with Crippen molar-refractivity contribution in [3.63, 3.8) is 0 Å². The Labute approximate surface area is 133 Å². The van der Waals surface area contributed by atoms with Gasteiger partial charge in [-0.15, -0.1) is 0 Å². The van der Waals surface area contributed by atoms with Gasteiger partial charge in [-0.2, -0.15) is 0 Å². The molecule has 2 amide bonds. The van der Waals surface area contributed by atoms with Gasteiger partial charge in [0.2, 0.25) is 0 Å². The highest BCUT2D eigenvalue weighted by Crippen LogP contribution is 2.22. The molecule has 1 heterocycles. The number of carbonyl (C=O) groups is 2. The molecule has 0 radical (unpaired) electrons. The van der Waals surface area contributed by atoms with Crippen LogP contribution in [0.5, 0.6) is 0 Å². The highest BCUT2D eigenvalue weighted by atomic mass is 35.5. The number of aryl methyl sites for hydroxylation is 1. The SMILES string of the molecule is Cc1ccc(N2NC(=O)/C(=C/c3ccc(Cl)cc3)C2=O)cc1. The first-order valence-electron chi connectivity index (χ1n) is 6.74. The van der Waals surface area contributed by atoms with Crippen molar-refractivity contribution in [2.75, 3.05) is 5.01 Å². The standard InChI is InChI=1S/C17H13ClN2O2/c1-11-2-8-14(9-3-11)20-17(22)15(16(21)19-20)10-12-4-6-13(18)7-5-12/h2-10H,1H3,(H,19,21)/b15-10-. The second-order valence-electron chi connectivity index (χ2n) is 5.03. The molecule has 3 rings (SSSR count). The van der Waals surface area contributed by atoms with E-state index >= 15 is 0 Å². The first-order chi connectivity index (χ1) is 10.5. The number of amides is 2. The fraction of sp³-hybridized carbons (Fsp3) is 0.0588. The molecular weight excluding hydrogens is 300 g/mol. The Morgan fingerprint density at radius 1 is 1.00 bits per heavy atom. The molecule has 0 bridgehead atoms. The maximum atomic E-state index is 12.4. The molecule has 22 heavy (non-hydrogen) atoms. The molecule has 4 nitrogen and oxygen atoms in total. The third-order valence-corrected chi connectivity index (χ3v) is 3.62. The zero-order valence-corrected chi connectivity index (χ0v) is 12.6. The molecule has 2 aromatic carbocycles. The van der Waals surface area contributed by atoms with Gasteiger partial charge in [-0.3, -0.25) is 15.0 Å². The summed E-state index contributed by atoms with van der Waals surface area (Å²) in [5.41, 5.74) is 5.13. The Hall–Kier alpha value is -2.59. The van der Waals surface area contributed by atoms with Crippen molar-refractivity contribution in [3.8, 4) is 0 Å². The van der Waals surface area contributed by atoms with E-state index in [2.05, 4.69) is 5.43 Å². The van der Waals surface area contributed by atoms with Crippen LogP contribution in [0.3, 0.4) is 0 Å². The molecular formula is C17H13ClN2O2. The van der Waals surface area contributed by atoms with Gasteiger partial charge in [0, 0.05) is 5.02 Å². The zero-order chi connectivity index (χ0) is 15.7. The van der Waals surface area contributed by atoms with Crippen LogP contribution < -0.4 is 10.4 Å². The fourth-order valence-corrected chi connectivity index (χ4v) is 2.28. The first kappa shape index (κ1) is 14.4. The van der Waals surface area contributed by atoms with Gasteiger partial charge in [-0.1, -0.05) is 41.4 Å². The minimum absolute atomic E-state index is 0.0999. The number of benzene rings is 2. The van der Waals surface area contributed by atoms with Gasteiger partial charge in [0.05, 0.1) is 5.69 Å². The van der Waals surface area contributed by atoms with E-state index in [-0.39, 0.29) is 11.5 Å². The highest BCUT2D eigenvalue weighted by molar-refractivity contribution is 6.32. The maximum absolute atomic E-state index is 12.4. The summed E-state index contributed by atoms with van der Waals surface area (Å²) in [7, 11) is 0. The van der Waals surface area contributed by atoms with Gasteiger partial charge >= 0.3 is 0 Å². The Morgan fingerprint density at radius 3 is 2.27 bits per heavy atom. The van der Waals surface area contributed by atoms with Crippen LogP contribution in [-0.2, 0) is 9.59 Å². The summed E-state index contributed by atoms with van der Waals surface area (Å²) in [6.45, 7) is 1.96. The topological polar surface area (TPSA) is 49.4 Å². The van der Waals surface area contributed by atoms with Crippen molar-refractivity contribution in [1.29, 1.82) is 0 Å². The van der Waals surface area contributed by atoms with Crippen molar-refractivity contribution in [1.82, 2.24) is 5.43 Å². The minimum Gasteiger partial charge on any atom is -0.267 e. The smallest absolute Gasteiger partial charge is 0.267 e. The number of carbonyl (C=O) groups excluding carboxylic acids is 2. The molecule has 1 aliphatic rings. The molecule has 0 atom stereocenters. The van der Waals surface area contributed by atoms with Gasteiger partial charge in [-0.05, 0) is 42.8 Å². The van der Waals surface area contributed by atoms with E-state index in [1.807, 2.05) is 19.1 Å². The quantitative estimate of drug-likeness (QED) is 0.684. The normalized spacial score (nSPS) is 16.3. The van der Waals surface area contributed by atoms with Gasteiger partial charge in [0.25, 0.3) is 11.8 Å². The molecule has 1 aliphatic heterocycles. The second-order valence-corrected chi connectivity index (χ2v) is 5.46. The summed E-state index contributed by atoms with van der Waals surface area (Å²) >= 11 is 5.83. The molecule has 0 aliphatic carbocycles. The molecule has 1 saturated heterocycles. The van der Waals surface area contributed by atoms with Crippen LogP contribution in [0.2, 0.25) is 5.02 Å². The van der Waals surface area contributed by atoms with Crippen LogP contribution in [0.1, 0.15) is 11.1 Å². The summed E-state index contributed by atoms with van der Waals surface area (Å²) in [5.74, 6) is -0.788. The van der Waals surface area contributed by atoms with Gasteiger partial charge in [-0.25, -0.2) is 5.01 Å². The first-order valence-corrected chi connectivity index (χ1v) is 7.12. The monoisotopic (exact) mass is 312 g/mol. The predicted octanol–water partition coefficient (Wildman–Crippen LogP) is 3.11. The van der Waals surface area contributed by atoms with E-state index in [1.165, 1.54) is 5.01 Å². The van der Waals surface area contributed by atoms with Crippen molar-refractivity contribution < 1.29 is 9.59 Å². The molecule has 0 aromatic heterocycles. The molecule has 0 spiro atoms. The Morgan fingerprint density at radius 2 is 1.64 bits per heavy atom. The molecule has 110 valence electrons. The van der Waals surface area contributed by atoms with Gasteiger partial charge in [0.1, 0.15) is 5.57 Å². The number of rotatable bonds is 2. The van der Waals surface area contributed by atoms with Crippen LogP contribution in [0.4, 0.5) is 5.69 Å². The van der Waals surface area contributed by atoms with E-state index in [9.17, 15) is 9.59 Å². The maximum Gasteiger partial charge on any atom is 0.282 e. The number of anilines is 1. The van der Waals surface area contributed by atoms with E-state index in [1.54, 1.807) is 42.5 Å². The Kier molecular flexibility index (Phi) is 3.69. The Bertz CT molecular complexity index is 764. The summed E-state index contributed by atoms with van der Waals surface area (Å²) in [6.07, 6.45) is 1.56. The molecule has 2 aromatic rings. The summed E-state index contributed by atoms with van der Waals surface area (Å²) in [5, 5.41) is 1.86. The van der Waals surface area contributed by atoms with Crippen LogP contribution >= 0.6 is 11.6 Å². The summed E-state index contributed by atoms with van der Waals surface area (Å²) in [6, 6.07) is 14.3. The number of hydrogen-bond donors (Lipinski definition) is 1. The third kappa shape index (κ3) is 2.73. The molecule has 5 heteroatoms.